The van der Waals surface area contributed by atoms with E-state index < -0.39 is 10.0 Å². The number of rotatable bonds is 5. The summed E-state index contributed by atoms with van der Waals surface area (Å²) in [6.07, 6.45) is 1.45. The van der Waals surface area contributed by atoms with Crippen molar-refractivity contribution < 1.29 is 13.2 Å². The second kappa shape index (κ2) is 6.01. The number of aromatic nitrogens is 1. The van der Waals surface area contributed by atoms with Crippen LogP contribution in [0.5, 0.6) is 5.75 Å². The van der Waals surface area contributed by atoms with E-state index in [2.05, 4.69) is 15.0 Å². The van der Waals surface area contributed by atoms with E-state index in [1.807, 2.05) is 6.92 Å². The van der Waals surface area contributed by atoms with Crippen LogP contribution in [0.1, 0.15) is 5.56 Å². The van der Waals surface area contributed by atoms with Crippen molar-refractivity contribution in [2.75, 3.05) is 24.2 Å². The first-order valence-electron chi connectivity index (χ1n) is 6.27. The second-order valence-electron chi connectivity index (χ2n) is 4.41. The second-order valence-corrected chi connectivity index (χ2v) is 6.10. The van der Waals surface area contributed by atoms with Gasteiger partial charge in [-0.05, 0) is 36.8 Å². The number of hydrogen-bond donors (Lipinski definition) is 2. The average molecular weight is 307 g/mol. The molecule has 0 amide bonds. The van der Waals surface area contributed by atoms with Crippen molar-refractivity contribution in [2.24, 2.45) is 0 Å². The van der Waals surface area contributed by atoms with Crippen LogP contribution in [0.2, 0.25) is 0 Å². The zero-order valence-electron chi connectivity index (χ0n) is 12.0. The van der Waals surface area contributed by atoms with Gasteiger partial charge in [-0.25, -0.2) is 13.4 Å². The maximum atomic E-state index is 12.4. The lowest BCUT2D eigenvalue weighted by Gasteiger charge is -2.12. The minimum Gasteiger partial charge on any atom is -0.497 e. The number of aryl methyl sites for hydroxylation is 1. The largest absolute Gasteiger partial charge is 0.497 e. The molecular formula is C14H17N3O3S. The summed E-state index contributed by atoms with van der Waals surface area (Å²) in [6, 6.07) is 8.06. The normalized spacial score (nSPS) is 11.0. The SMILES string of the molecule is CNc1cc(S(=O)(=O)Nc2ccc(OC)cc2C)ccn1. The highest BCUT2D eigenvalue weighted by molar-refractivity contribution is 7.92. The van der Waals surface area contributed by atoms with E-state index in [1.165, 1.54) is 18.3 Å². The minimum atomic E-state index is -3.66. The zero-order valence-corrected chi connectivity index (χ0v) is 12.9. The van der Waals surface area contributed by atoms with Crippen LogP contribution in [-0.4, -0.2) is 27.6 Å². The van der Waals surface area contributed by atoms with Gasteiger partial charge in [-0.2, -0.15) is 0 Å². The molecule has 2 aromatic rings. The van der Waals surface area contributed by atoms with E-state index >= 15 is 0 Å². The van der Waals surface area contributed by atoms with E-state index in [9.17, 15) is 8.42 Å². The predicted molar refractivity (Wildman–Crippen MR) is 82.3 cm³/mol. The monoisotopic (exact) mass is 307 g/mol. The van der Waals surface area contributed by atoms with Crippen LogP contribution < -0.4 is 14.8 Å². The summed E-state index contributed by atoms with van der Waals surface area (Å²) >= 11 is 0. The number of pyridine rings is 1. The van der Waals surface area contributed by atoms with Gasteiger partial charge in [0.25, 0.3) is 10.0 Å². The van der Waals surface area contributed by atoms with Crippen LogP contribution in [0, 0.1) is 6.92 Å². The maximum absolute atomic E-state index is 12.4. The fourth-order valence-corrected chi connectivity index (χ4v) is 2.94. The van der Waals surface area contributed by atoms with E-state index in [4.69, 9.17) is 4.74 Å². The van der Waals surface area contributed by atoms with Gasteiger partial charge < -0.3 is 10.1 Å². The van der Waals surface area contributed by atoms with Crippen molar-refractivity contribution in [1.29, 1.82) is 0 Å². The molecule has 0 aliphatic heterocycles. The molecule has 1 aromatic heterocycles. The number of methoxy groups -OCH3 is 1. The average Bonchev–Trinajstić information content (AvgIpc) is 2.49. The molecule has 0 saturated heterocycles. The Labute approximate surface area is 124 Å². The molecule has 1 aromatic carbocycles. The van der Waals surface area contributed by atoms with Gasteiger partial charge in [0.1, 0.15) is 11.6 Å². The molecule has 2 rings (SSSR count). The van der Waals surface area contributed by atoms with Crippen molar-refractivity contribution in [3.63, 3.8) is 0 Å². The smallest absolute Gasteiger partial charge is 0.262 e. The molecule has 0 fully saturated rings. The predicted octanol–water partition coefficient (Wildman–Crippen LogP) is 2.24. The maximum Gasteiger partial charge on any atom is 0.262 e. The molecule has 112 valence electrons. The van der Waals surface area contributed by atoms with Gasteiger partial charge in [0.05, 0.1) is 17.7 Å². The lowest BCUT2D eigenvalue weighted by Crippen LogP contribution is -2.14. The Bertz CT molecular complexity index is 745. The van der Waals surface area contributed by atoms with Gasteiger partial charge in [0.2, 0.25) is 0 Å². The summed E-state index contributed by atoms with van der Waals surface area (Å²) in [7, 11) is -0.414. The third-order valence-corrected chi connectivity index (χ3v) is 4.34. The van der Waals surface area contributed by atoms with E-state index in [0.717, 1.165) is 5.56 Å². The third kappa shape index (κ3) is 3.43. The molecular weight excluding hydrogens is 290 g/mol. The van der Waals surface area contributed by atoms with Crippen LogP contribution in [0.15, 0.2) is 41.4 Å². The third-order valence-electron chi connectivity index (χ3n) is 2.98. The minimum absolute atomic E-state index is 0.150. The highest BCUT2D eigenvalue weighted by Crippen LogP contribution is 2.24. The Morgan fingerprint density at radius 2 is 1.95 bits per heavy atom. The number of sulfonamides is 1. The fourth-order valence-electron chi connectivity index (χ4n) is 1.80. The standard InChI is InChI=1S/C14H17N3O3S/c1-10-8-11(20-3)4-5-13(10)17-21(18,19)12-6-7-16-14(9-12)15-2/h4-9,17H,1-3H3,(H,15,16). The quantitative estimate of drug-likeness (QED) is 0.885. The zero-order chi connectivity index (χ0) is 15.5. The molecule has 0 unspecified atom stereocenters. The topological polar surface area (TPSA) is 80.3 Å². The first-order valence-corrected chi connectivity index (χ1v) is 7.76. The Hall–Kier alpha value is -2.28. The Balaban J connectivity index is 2.32. The van der Waals surface area contributed by atoms with Crippen LogP contribution >= 0.6 is 0 Å². The summed E-state index contributed by atoms with van der Waals surface area (Å²) in [5.41, 5.74) is 1.29. The van der Waals surface area contributed by atoms with E-state index in [1.54, 1.807) is 32.4 Å². The lowest BCUT2D eigenvalue weighted by molar-refractivity contribution is 0.414. The Kier molecular flexibility index (Phi) is 4.32. The molecule has 1 heterocycles. The number of nitrogens with one attached hydrogen (secondary N) is 2. The van der Waals surface area contributed by atoms with Crippen molar-refractivity contribution in [3.05, 3.63) is 42.1 Å². The summed E-state index contributed by atoms with van der Waals surface area (Å²) in [5, 5.41) is 2.81. The first-order chi connectivity index (χ1) is 9.96. The van der Waals surface area contributed by atoms with Crippen molar-refractivity contribution in [3.8, 4) is 5.75 Å². The number of hydrogen-bond acceptors (Lipinski definition) is 5. The summed E-state index contributed by atoms with van der Waals surface area (Å²) in [6.45, 7) is 1.81. The summed E-state index contributed by atoms with van der Waals surface area (Å²) < 4.78 is 32.4. The van der Waals surface area contributed by atoms with Crippen LogP contribution in [-0.2, 0) is 10.0 Å². The van der Waals surface area contributed by atoms with E-state index in [0.29, 0.717) is 17.3 Å². The van der Waals surface area contributed by atoms with Crippen molar-refractivity contribution >= 4 is 21.5 Å². The van der Waals surface area contributed by atoms with Gasteiger partial charge in [0, 0.05) is 19.3 Å². The first kappa shape index (κ1) is 15.1. The van der Waals surface area contributed by atoms with Crippen molar-refractivity contribution in [1.82, 2.24) is 4.98 Å². The van der Waals surface area contributed by atoms with E-state index in [-0.39, 0.29) is 4.90 Å². The molecule has 0 spiro atoms. The molecule has 7 heteroatoms. The van der Waals surface area contributed by atoms with Crippen LogP contribution in [0.25, 0.3) is 0 Å². The molecule has 0 radical (unpaired) electrons. The molecule has 0 aliphatic carbocycles. The summed E-state index contributed by atoms with van der Waals surface area (Å²) in [4.78, 5) is 4.15. The van der Waals surface area contributed by atoms with Gasteiger partial charge in [-0.1, -0.05) is 0 Å². The molecule has 2 N–H and O–H groups in total. The molecule has 0 atom stereocenters. The van der Waals surface area contributed by atoms with Gasteiger partial charge in [0.15, 0.2) is 0 Å². The van der Waals surface area contributed by atoms with Gasteiger partial charge >= 0.3 is 0 Å². The fraction of sp³-hybridized carbons (Fsp3) is 0.214. The van der Waals surface area contributed by atoms with Gasteiger partial charge in [-0.3, -0.25) is 4.72 Å². The molecule has 0 saturated carbocycles. The van der Waals surface area contributed by atoms with Gasteiger partial charge in [-0.15, -0.1) is 0 Å². The van der Waals surface area contributed by atoms with Crippen molar-refractivity contribution in [2.45, 2.75) is 11.8 Å². The highest BCUT2D eigenvalue weighted by Gasteiger charge is 2.16. The van der Waals surface area contributed by atoms with Crippen LogP contribution in [0.3, 0.4) is 0 Å². The highest BCUT2D eigenvalue weighted by atomic mass is 32.2. The lowest BCUT2D eigenvalue weighted by atomic mass is 10.2. The Morgan fingerprint density at radius 3 is 2.57 bits per heavy atom. The number of anilines is 2. The molecule has 0 aliphatic rings. The molecule has 21 heavy (non-hydrogen) atoms. The number of ether oxygens (including phenoxy) is 1. The number of benzene rings is 1. The summed E-state index contributed by atoms with van der Waals surface area (Å²) in [5.74, 6) is 1.17. The molecule has 6 nitrogen and oxygen atoms in total. The Morgan fingerprint density at radius 1 is 1.19 bits per heavy atom. The number of nitrogens with zero attached hydrogens (tertiary/aromatic N) is 1. The van der Waals surface area contributed by atoms with Crippen LogP contribution in [0.4, 0.5) is 11.5 Å². The molecule has 0 bridgehead atoms.